The van der Waals surface area contributed by atoms with Crippen LogP contribution in [0.3, 0.4) is 0 Å². The van der Waals surface area contributed by atoms with Crippen LogP contribution in [0.4, 0.5) is 0 Å². The zero-order valence-electron chi connectivity index (χ0n) is 10.5. The first-order valence-corrected chi connectivity index (χ1v) is 5.84. The number of ether oxygens (including phenoxy) is 1. The summed E-state index contributed by atoms with van der Waals surface area (Å²) in [6.45, 7) is 7.63. The van der Waals surface area contributed by atoms with Gasteiger partial charge in [0.2, 0.25) is 0 Å². The second-order valence-electron chi connectivity index (χ2n) is 5.50. The molecule has 0 heterocycles. The van der Waals surface area contributed by atoms with E-state index in [4.69, 9.17) is 4.74 Å². The molecular formula is C12H25NO2. The Hall–Kier alpha value is -0.120. The lowest BCUT2D eigenvalue weighted by molar-refractivity contribution is 0.0214. The van der Waals surface area contributed by atoms with Crippen molar-refractivity contribution in [2.45, 2.75) is 51.7 Å². The van der Waals surface area contributed by atoms with Gasteiger partial charge in [-0.2, -0.15) is 0 Å². The largest absolute Gasteiger partial charge is 0.389 e. The lowest BCUT2D eigenvalue weighted by Gasteiger charge is -2.28. The quantitative estimate of drug-likeness (QED) is 0.677. The SMILES string of the molecule is COCCC(C)(O)CNC(C)C1(C)CC1. The van der Waals surface area contributed by atoms with Gasteiger partial charge in [-0.15, -0.1) is 0 Å². The Morgan fingerprint density at radius 2 is 2.13 bits per heavy atom. The van der Waals surface area contributed by atoms with E-state index < -0.39 is 5.60 Å². The van der Waals surface area contributed by atoms with Crippen molar-refractivity contribution in [2.24, 2.45) is 5.41 Å². The maximum Gasteiger partial charge on any atom is 0.0765 e. The highest BCUT2D eigenvalue weighted by atomic mass is 16.5. The molecule has 0 aromatic heterocycles. The summed E-state index contributed by atoms with van der Waals surface area (Å²) < 4.78 is 4.98. The van der Waals surface area contributed by atoms with E-state index in [0.717, 1.165) is 0 Å². The Balaban J connectivity index is 2.22. The van der Waals surface area contributed by atoms with E-state index in [9.17, 15) is 5.11 Å². The lowest BCUT2D eigenvalue weighted by Crippen LogP contribution is -2.44. The van der Waals surface area contributed by atoms with E-state index in [-0.39, 0.29) is 0 Å². The highest BCUT2D eigenvalue weighted by Gasteiger charge is 2.42. The summed E-state index contributed by atoms with van der Waals surface area (Å²) in [5.74, 6) is 0. The first-order valence-electron chi connectivity index (χ1n) is 5.84. The van der Waals surface area contributed by atoms with Crippen LogP contribution in [0.5, 0.6) is 0 Å². The Morgan fingerprint density at radius 3 is 2.60 bits per heavy atom. The van der Waals surface area contributed by atoms with E-state index in [1.54, 1.807) is 7.11 Å². The maximum atomic E-state index is 10.0. The van der Waals surface area contributed by atoms with Crippen molar-refractivity contribution in [2.75, 3.05) is 20.3 Å². The third-order valence-electron chi connectivity index (χ3n) is 3.72. The van der Waals surface area contributed by atoms with Crippen LogP contribution in [0.25, 0.3) is 0 Å². The predicted molar refractivity (Wildman–Crippen MR) is 61.9 cm³/mol. The van der Waals surface area contributed by atoms with Gasteiger partial charge >= 0.3 is 0 Å². The third-order valence-corrected chi connectivity index (χ3v) is 3.72. The van der Waals surface area contributed by atoms with Gasteiger partial charge in [-0.25, -0.2) is 0 Å². The first-order chi connectivity index (χ1) is 6.90. The topological polar surface area (TPSA) is 41.5 Å². The zero-order valence-corrected chi connectivity index (χ0v) is 10.5. The lowest BCUT2D eigenvalue weighted by atomic mass is 9.98. The van der Waals surface area contributed by atoms with Crippen molar-refractivity contribution >= 4 is 0 Å². The number of hydrogen-bond acceptors (Lipinski definition) is 3. The third kappa shape index (κ3) is 4.09. The summed E-state index contributed by atoms with van der Waals surface area (Å²) >= 11 is 0. The molecule has 90 valence electrons. The first kappa shape index (κ1) is 12.9. The minimum absolute atomic E-state index is 0.470. The Kier molecular flexibility index (Phi) is 4.15. The summed E-state index contributed by atoms with van der Waals surface area (Å²) in [6, 6.07) is 0.492. The molecular weight excluding hydrogens is 190 g/mol. The Bertz CT molecular complexity index is 200. The van der Waals surface area contributed by atoms with Crippen LogP contribution in [0, 0.1) is 5.41 Å². The van der Waals surface area contributed by atoms with Crippen LogP contribution in [-0.2, 0) is 4.74 Å². The second kappa shape index (κ2) is 4.81. The van der Waals surface area contributed by atoms with Crippen molar-refractivity contribution in [1.82, 2.24) is 5.32 Å². The molecule has 0 amide bonds. The number of hydrogen-bond donors (Lipinski definition) is 2. The van der Waals surface area contributed by atoms with Gasteiger partial charge < -0.3 is 15.2 Å². The molecule has 3 nitrogen and oxygen atoms in total. The monoisotopic (exact) mass is 215 g/mol. The van der Waals surface area contributed by atoms with Crippen molar-refractivity contribution in [3.05, 3.63) is 0 Å². The fourth-order valence-electron chi connectivity index (χ4n) is 1.66. The van der Waals surface area contributed by atoms with Crippen LogP contribution >= 0.6 is 0 Å². The van der Waals surface area contributed by atoms with Gasteiger partial charge in [0, 0.05) is 32.7 Å². The van der Waals surface area contributed by atoms with Gasteiger partial charge in [0.1, 0.15) is 0 Å². The van der Waals surface area contributed by atoms with E-state index >= 15 is 0 Å². The van der Waals surface area contributed by atoms with E-state index in [1.165, 1.54) is 12.8 Å². The normalized spacial score (nSPS) is 24.6. The molecule has 2 unspecified atom stereocenters. The van der Waals surface area contributed by atoms with Crippen LogP contribution in [0.2, 0.25) is 0 Å². The summed E-state index contributed by atoms with van der Waals surface area (Å²) in [4.78, 5) is 0. The smallest absolute Gasteiger partial charge is 0.0765 e. The molecule has 0 bridgehead atoms. The Morgan fingerprint density at radius 1 is 1.53 bits per heavy atom. The molecule has 1 aliphatic rings. The molecule has 0 saturated heterocycles. The summed E-state index contributed by atoms with van der Waals surface area (Å²) in [5, 5.41) is 13.5. The van der Waals surface area contributed by atoms with Gasteiger partial charge in [-0.1, -0.05) is 6.92 Å². The summed E-state index contributed by atoms with van der Waals surface area (Å²) in [5.41, 5.74) is -0.188. The molecule has 1 fully saturated rings. The van der Waals surface area contributed by atoms with Gasteiger partial charge in [0.25, 0.3) is 0 Å². The van der Waals surface area contributed by atoms with E-state index in [2.05, 4.69) is 19.2 Å². The molecule has 0 radical (unpaired) electrons. The van der Waals surface area contributed by atoms with Gasteiger partial charge in [0.05, 0.1) is 5.60 Å². The molecule has 2 atom stereocenters. The number of rotatable bonds is 7. The van der Waals surface area contributed by atoms with Crippen LogP contribution in [0.15, 0.2) is 0 Å². The number of nitrogens with one attached hydrogen (secondary N) is 1. The highest BCUT2D eigenvalue weighted by molar-refractivity contribution is 4.97. The second-order valence-corrected chi connectivity index (χ2v) is 5.50. The van der Waals surface area contributed by atoms with Crippen LogP contribution in [-0.4, -0.2) is 37.0 Å². The van der Waals surface area contributed by atoms with Gasteiger partial charge in [-0.3, -0.25) is 0 Å². The molecule has 1 saturated carbocycles. The average molecular weight is 215 g/mol. The molecule has 1 aliphatic carbocycles. The van der Waals surface area contributed by atoms with Crippen molar-refractivity contribution < 1.29 is 9.84 Å². The number of methoxy groups -OCH3 is 1. The molecule has 3 heteroatoms. The molecule has 15 heavy (non-hydrogen) atoms. The number of aliphatic hydroxyl groups is 1. The fraction of sp³-hybridized carbons (Fsp3) is 1.00. The van der Waals surface area contributed by atoms with E-state index in [1.807, 2.05) is 6.92 Å². The average Bonchev–Trinajstić information content (AvgIpc) is 2.91. The van der Waals surface area contributed by atoms with Crippen molar-refractivity contribution in [1.29, 1.82) is 0 Å². The summed E-state index contributed by atoms with van der Waals surface area (Å²) in [6.07, 6.45) is 3.29. The summed E-state index contributed by atoms with van der Waals surface area (Å²) in [7, 11) is 1.66. The van der Waals surface area contributed by atoms with Crippen molar-refractivity contribution in [3.8, 4) is 0 Å². The molecule has 1 rings (SSSR count). The minimum atomic E-state index is -0.657. The molecule has 0 aromatic carbocycles. The van der Waals surface area contributed by atoms with Crippen LogP contribution < -0.4 is 5.32 Å². The maximum absolute atomic E-state index is 10.0. The Labute approximate surface area is 93.2 Å². The highest BCUT2D eigenvalue weighted by Crippen LogP contribution is 2.47. The standard InChI is InChI=1S/C12H25NO2/c1-10(11(2)5-6-11)13-9-12(3,14)7-8-15-4/h10,13-14H,5-9H2,1-4H3. The molecule has 0 spiro atoms. The van der Waals surface area contributed by atoms with Gasteiger partial charge in [-0.05, 0) is 32.1 Å². The van der Waals surface area contributed by atoms with Crippen LogP contribution in [0.1, 0.15) is 40.0 Å². The minimum Gasteiger partial charge on any atom is -0.389 e. The van der Waals surface area contributed by atoms with Gasteiger partial charge in [0.15, 0.2) is 0 Å². The molecule has 0 aromatic rings. The zero-order chi connectivity index (χ0) is 11.5. The van der Waals surface area contributed by atoms with Crippen molar-refractivity contribution in [3.63, 3.8) is 0 Å². The molecule has 2 N–H and O–H groups in total. The predicted octanol–water partition coefficient (Wildman–Crippen LogP) is 1.55. The fourth-order valence-corrected chi connectivity index (χ4v) is 1.66. The molecule has 0 aliphatic heterocycles. The van der Waals surface area contributed by atoms with E-state index in [0.29, 0.717) is 31.0 Å².